The van der Waals surface area contributed by atoms with Gasteiger partial charge in [-0.1, -0.05) is 0 Å². The minimum Gasteiger partial charge on any atom is -0.334 e. The van der Waals surface area contributed by atoms with E-state index in [1.54, 1.807) is 0 Å². The number of aromatic nitrogens is 2. The summed E-state index contributed by atoms with van der Waals surface area (Å²) in [4.78, 5) is 7.49. The second-order valence-corrected chi connectivity index (χ2v) is 4.23. The van der Waals surface area contributed by atoms with E-state index in [4.69, 9.17) is 18.0 Å². The highest BCUT2D eigenvalue weighted by Gasteiger charge is 2.25. The molecule has 1 atom stereocenters. The Bertz CT molecular complexity index is 397. The van der Waals surface area contributed by atoms with Crippen LogP contribution in [0, 0.1) is 11.7 Å². The zero-order chi connectivity index (χ0) is 10.1. The molecule has 1 aromatic rings. The van der Waals surface area contributed by atoms with Crippen LogP contribution in [0.2, 0.25) is 0 Å². The van der Waals surface area contributed by atoms with Crippen molar-refractivity contribution in [2.75, 3.05) is 6.54 Å². The van der Waals surface area contributed by atoms with Crippen LogP contribution in [0.15, 0.2) is 0 Å². The second-order valence-electron chi connectivity index (χ2n) is 3.84. The molecule has 0 saturated heterocycles. The van der Waals surface area contributed by atoms with Gasteiger partial charge in [0.2, 0.25) is 0 Å². The lowest BCUT2D eigenvalue weighted by Gasteiger charge is -2.11. The van der Waals surface area contributed by atoms with E-state index in [0.29, 0.717) is 10.7 Å². The second kappa shape index (κ2) is 3.79. The predicted molar refractivity (Wildman–Crippen MR) is 58.9 cm³/mol. The summed E-state index contributed by atoms with van der Waals surface area (Å²) >= 11 is 5.05. The first-order chi connectivity index (χ1) is 6.72. The van der Waals surface area contributed by atoms with Crippen LogP contribution in [0.25, 0.3) is 0 Å². The number of fused-ring (bicyclic) bond motifs is 1. The highest BCUT2D eigenvalue weighted by atomic mass is 32.1. The Morgan fingerprint density at radius 1 is 1.64 bits per heavy atom. The molecule has 0 spiro atoms. The Hall–Kier alpha value is -0.740. The van der Waals surface area contributed by atoms with Crippen LogP contribution in [0.5, 0.6) is 0 Å². The first-order valence-corrected chi connectivity index (χ1v) is 5.43. The van der Waals surface area contributed by atoms with Crippen molar-refractivity contribution in [1.29, 1.82) is 0 Å². The quantitative estimate of drug-likeness (QED) is 0.731. The topological polar surface area (TPSA) is 54.7 Å². The zero-order valence-electron chi connectivity index (χ0n) is 8.34. The average molecular weight is 209 g/mol. The highest BCUT2D eigenvalue weighted by Crippen LogP contribution is 2.35. The third-order valence-corrected chi connectivity index (χ3v) is 3.09. The van der Waals surface area contributed by atoms with Gasteiger partial charge in [-0.05, 0) is 56.4 Å². The van der Waals surface area contributed by atoms with Gasteiger partial charge < -0.3 is 10.7 Å². The van der Waals surface area contributed by atoms with Gasteiger partial charge in [-0.25, -0.2) is 4.98 Å². The Morgan fingerprint density at radius 3 is 3.14 bits per heavy atom. The summed E-state index contributed by atoms with van der Waals surface area (Å²) in [5.74, 6) is 0.592. The molecule has 1 heterocycles. The van der Waals surface area contributed by atoms with Gasteiger partial charge in [0, 0.05) is 11.4 Å². The minimum atomic E-state index is 0.592. The summed E-state index contributed by atoms with van der Waals surface area (Å²) in [5.41, 5.74) is 9.32. The molecule has 0 aromatic carbocycles. The van der Waals surface area contributed by atoms with E-state index in [-0.39, 0.29) is 0 Å². The van der Waals surface area contributed by atoms with Crippen LogP contribution in [0.1, 0.15) is 35.7 Å². The zero-order valence-corrected chi connectivity index (χ0v) is 9.16. The summed E-state index contributed by atoms with van der Waals surface area (Å²) in [7, 11) is 0. The third-order valence-electron chi connectivity index (χ3n) is 2.90. The van der Waals surface area contributed by atoms with Gasteiger partial charge in [-0.2, -0.15) is 0 Å². The van der Waals surface area contributed by atoms with Crippen molar-refractivity contribution in [3.05, 3.63) is 21.7 Å². The van der Waals surface area contributed by atoms with Crippen LogP contribution >= 0.6 is 12.2 Å². The van der Waals surface area contributed by atoms with Gasteiger partial charge in [-0.15, -0.1) is 0 Å². The SMILES string of the molecule is Cc1[nH]c(=S)nc2c1C(CCN)CC2. The van der Waals surface area contributed by atoms with Gasteiger partial charge in [0.25, 0.3) is 0 Å². The smallest absolute Gasteiger partial charge is 0.197 e. The van der Waals surface area contributed by atoms with E-state index >= 15 is 0 Å². The predicted octanol–water partition coefficient (Wildman–Crippen LogP) is 1.83. The molecule has 0 radical (unpaired) electrons. The van der Waals surface area contributed by atoms with E-state index < -0.39 is 0 Å². The van der Waals surface area contributed by atoms with Crippen LogP contribution in [0.4, 0.5) is 0 Å². The summed E-state index contributed by atoms with van der Waals surface area (Å²) < 4.78 is 0.606. The molecule has 0 fully saturated rings. The minimum absolute atomic E-state index is 0.592. The summed E-state index contributed by atoms with van der Waals surface area (Å²) in [5, 5.41) is 0. The summed E-state index contributed by atoms with van der Waals surface area (Å²) in [6.45, 7) is 2.82. The molecule has 1 aliphatic carbocycles. The van der Waals surface area contributed by atoms with Crippen molar-refractivity contribution in [2.45, 2.75) is 32.1 Å². The van der Waals surface area contributed by atoms with Crippen molar-refractivity contribution in [1.82, 2.24) is 9.97 Å². The fourth-order valence-corrected chi connectivity index (χ4v) is 2.60. The van der Waals surface area contributed by atoms with Crippen LogP contribution in [-0.2, 0) is 6.42 Å². The lowest BCUT2D eigenvalue weighted by molar-refractivity contribution is 0.623. The van der Waals surface area contributed by atoms with E-state index in [1.165, 1.54) is 23.4 Å². The lowest BCUT2D eigenvalue weighted by atomic mass is 9.98. The van der Waals surface area contributed by atoms with Gasteiger partial charge in [-0.3, -0.25) is 0 Å². The van der Waals surface area contributed by atoms with E-state index in [9.17, 15) is 0 Å². The van der Waals surface area contributed by atoms with Crippen molar-refractivity contribution < 1.29 is 0 Å². The van der Waals surface area contributed by atoms with E-state index in [2.05, 4.69) is 16.9 Å². The maximum Gasteiger partial charge on any atom is 0.197 e. The molecule has 1 aliphatic rings. The van der Waals surface area contributed by atoms with E-state index in [1.807, 2.05) is 0 Å². The number of nitrogens with zero attached hydrogens (tertiary/aromatic N) is 1. The average Bonchev–Trinajstić information content (AvgIpc) is 2.49. The normalized spacial score (nSPS) is 19.7. The third kappa shape index (κ3) is 1.60. The molecule has 1 unspecified atom stereocenters. The first kappa shape index (κ1) is 9.80. The number of hydrogen-bond donors (Lipinski definition) is 2. The van der Waals surface area contributed by atoms with E-state index in [0.717, 1.165) is 19.4 Å². The van der Waals surface area contributed by atoms with Gasteiger partial charge in [0.05, 0.1) is 0 Å². The van der Waals surface area contributed by atoms with Gasteiger partial charge in [0.15, 0.2) is 4.77 Å². The number of aryl methyl sites for hydroxylation is 2. The van der Waals surface area contributed by atoms with Crippen molar-refractivity contribution >= 4 is 12.2 Å². The van der Waals surface area contributed by atoms with Gasteiger partial charge >= 0.3 is 0 Å². The molecule has 4 heteroatoms. The molecule has 1 aromatic heterocycles. The fourth-order valence-electron chi connectivity index (χ4n) is 2.33. The molecule has 3 N–H and O–H groups in total. The molecule has 2 rings (SSSR count). The number of rotatable bonds is 2. The van der Waals surface area contributed by atoms with Crippen LogP contribution < -0.4 is 5.73 Å². The summed E-state index contributed by atoms with van der Waals surface area (Å²) in [6.07, 6.45) is 3.28. The van der Waals surface area contributed by atoms with Crippen molar-refractivity contribution in [2.24, 2.45) is 5.73 Å². The molecule has 0 aliphatic heterocycles. The number of aromatic amines is 1. The monoisotopic (exact) mass is 209 g/mol. The Morgan fingerprint density at radius 2 is 2.43 bits per heavy atom. The molecule has 0 amide bonds. The fraction of sp³-hybridized carbons (Fsp3) is 0.600. The van der Waals surface area contributed by atoms with Gasteiger partial charge in [0.1, 0.15) is 0 Å². The number of nitrogens with two attached hydrogens (primary N) is 1. The largest absolute Gasteiger partial charge is 0.334 e. The van der Waals surface area contributed by atoms with Crippen LogP contribution in [0.3, 0.4) is 0 Å². The molecule has 0 bridgehead atoms. The Kier molecular flexibility index (Phi) is 2.65. The van der Waals surface area contributed by atoms with Crippen LogP contribution in [-0.4, -0.2) is 16.5 Å². The summed E-state index contributed by atoms with van der Waals surface area (Å²) in [6, 6.07) is 0. The van der Waals surface area contributed by atoms with Crippen molar-refractivity contribution in [3.8, 4) is 0 Å². The standard InChI is InChI=1S/C10H15N3S/c1-6-9-7(4-5-11)2-3-8(9)13-10(14)12-6/h7H,2-5,11H2,1H3,(H,12,13,14). The van der Waals surface area contributed by atoms with Crippen molar-refractivity contribution in [3.63, 3.8) is 0 Å². The molecule has 0 saturated carbocycles. The molecule has 14 heavy (non-hydrogen) atoms. The number of hydrogen-bond acceptors (Lipinski definition) is 3. The lowest BCUT2D eigenvalue weighted by Crippen LogP contribution is -2.07. The number of H-pyrrole nitrogens is 1. The molecular weight excluding hydrogens is 194 g/mol. The first-order valence-electron chi connectivity index (χ1n) is 5.02. The molecule has 3 nitrogen and oxygen atoms in total. The number of nitrogens with one attached hydrogen (secondary N) is 1. The molecular formula is C10H15N3S. The maximum absolute atomic E-state index is 5.59. The highest BCUT2D eigenvalue weighted by molar-refractivity contribution is 7.71. The Labute approximate surface area is 88.8 Å². The Balaban J connectivity index is 2.44. The molecule has 76 valence electrons. The maximum atomic E-state index is 5.59.